The third-order valence-corrected chi connectivity index (χ3v) is 13.7. The van der Waals surface area contributed by atoms with Gasteiger partial charge in [0.25, 0.3) is 0 Å². The van der Waals surface area contributed by atoms with Crippen LogP contribution in [-0.4, -0.2) is 72.6 Å². The quantitative estimate of drug-likeness (QED) is 0.192. The van der Waals surface area contributed by atoms with E-state index in [9.17, 15) is 4.79 Å². The molecule has 7 heteroatoms. The molecule has 0 spiro atoms. The maximum absolute atomic E-state index is 12.3. The van der Waals surface area contributed by atoms with Crippen LogP contribution in [0, 0.1) is 5.92 Å². The summed E-state index contributed by atoms with van der Waals surface area (Å²) in [5.74, 6) is 0.700. The molecule has 2 fully saturated rings. The molecule has 2 aliphatic rings. The molecule has 2 radical (unpaired) electrons. The van der Waals surface area contributed by atoms with Gasteiger partial charge in [0.1, 0.15) is 5.60 Å². The van der Waals surface area contributed by atoms with Crippen LogP contribution in [0.25, 0.3) is 0 Å². The molecular weight excluding hydrogens is 581 g/mol. The van der Waals surface area contributed by atoms with Crippen LogP contribution in [0.4, 0.5) is 4.79 Å². The van der Waals surface area contributed by atoms with Gasteiger partial charge in [0.05, 0.1) is 0 Å². The van der Waals surface area contributed by atoms with Crippen molar-refractivity contribution in [1.29, 1.82) is 0 Å². The van der Waals surface area contributed by atoms with Crippen LogP contribution in [0.3, 0.4) is 0 Å². The Bertz CT molecular complexity index is 801. The first-order valence-corrected chi connectivity index (χ1v) is 18.4. The number of unbranched alkanes of at least 4 members (excludes halogenated alkanes) is 3. The minimum absolute atomic E-state index is 0.191. The van der Waals surface area contributed by atoms with Gasteiger partial charge in [-0.05, 0) is 20.8 Å². The molecule has 1 amide bonds. The molecule has 1 saturated heterocycles. The van der Waals surface area contributed by atoms with Crippen molar-refractivity contribution < 1.29 is 14.3 Å². The molecule has 0 aromatic carbocycles. The van der Waals surface area contributed by atoms with E-state index < -0.39 is 26.7 Å². The number of carbonyl (C=O) groups excluding carboxylic acids is 1. The standard InChI is InChI=1S/C18H28N3O3.C13H27.Sn/c1-18(2,3)24-17(22)21-7-4-15(5-8-21)23-16-10-14(11-16)12-20-9-6-19-13-20;1-4-7-10-13(11-8-5-2)12-9-6-3;/h6,9,14-16H,4-5,7-8,10-12H2,1-3H3;4-12H2,1-3H3;. The van der Waals surface area contributed by atoms with Crippen molar-refractivity contribution in [2.45, 2.75) is 153 Å². The van der Waals surface area contributed by atoms with E-state index in [1.807, 2.05) is 25.7 Å². The van der Waals surface area contributed by atoms with E-state index in [1.54, 1.807) is 0 Å². The van der Waals surface area contributed by atoms with Crippen molar-refractivity contribution in [1.82, 2.24) is 14.5 Å². The van der Waals surface area contributed by atoms with E-state index in [2.05, 4.69) is 37.7 Å². The van der Waals surface area contributed by atoms with E-state index in [1.165, 1.54) is 61.6 Å². The molecule has 6 nitrogen and oxygen atoms in total. The van der Waals surface area contributed by atoms with Crippen LogP contribution < -0.4 is 3.84 Å². The number of hydrogen-bond acceptors (Lipinski definition) is 4. The number of amides is 1. The molecule has 38 heavy (non-hydrogen) atoms. The molecule has 1 aromatic heterocycles. The number of carbonyl (C=O) groups is 1. The topological polar surface area (TPSA) is 56.6 Å². The van der Waals surface area contributed by atoms with Crippen molar-refractivity contribution in [2.75, 3.05) is 13.1 Å². The van der Waals surface area contributed by atoms with Gasteiger partial charge in [0, 0.05) is 0 Å². The summed E-state index contributed by atoms with van der Waals surface area (Å²) in [5, 5.41) is 0. The average Bonchev–Trinajstić information content (AvgIpc) is 3.29. The number of piperidine rings is 1. The molecule has 0 N–H and O–H groups in total. The summed E-state index contributed by atoms with van der Waals surface area (Å²) in [6, 6.07) is 0. The number of rotatable bonds is 15. The normalized spacial score (nSPS) is 20.9. The van der Waals surface area contributed by atoms with Crippen molar-refractivity contribution in [3.8, 4) is 0 Å². The molecule has 216 valence electrons. The molecule has 1 aromatic rings. The summed E-state index contributed by atoms with van der Waals surface area (Å²) in [4.78, 5) is 19.1. The van der Waals surface area contributed by atoms with Crippen LogP contribution in [-0.2, 0) is 16.0 Å². The maximum atomic E-state index is 12.3. The Morgan fingerprint density at radius 2 is 1.55 bits per heavy atom. The first kappa shape index (κ1) is 31.8. The van der Waals surface area contributed by atoms with Gasteiger partial charge < -0.3 is 4.74 Å². The summed E-state index contributed by atoms with van der Waals surface area (Å²) < 4.78 is 16.6. The zero-order valence-electron chi connectivity index (χ0n) is 25.3. The molecule has 1 aliphatic carbocycles. The van der Waals surface area contributed by atoms with Crippen LogP contribution in [0.15, 0.2) is 12.4 Å². The van der Waals surface area contributed by atoms with Crippen molar-refractivity contribution in [2.24, 2.45) is 5.92 Å². The Kier molecular flexibility index (Phi) is 12.8. The first-order valence-electron chi connectivity index (χ1n) is 15.6. The van der Waals surface area contributed by atoms with Gasteiger partial charge in [-0.2, -0.15) is 0 Å². The Morgan fingerprint density at radius 3 is 2.08 bits per heavy atom. The Hall–Kier alpha value is -0.761. The Morgan fingerprint density at radius 1 is 0.974 bits per heavy atom. The van der Waals surface area contributed by atoms with Crippen molar-refractivity contribution in [3.63, 3.8) is 0 Å². The second kappa shape index (κ2) is 15.3. The van der Waals surface area contributed by atoms with Crippen molar-refractivity contribution in [3.05, 3.63) is 12.4 Å². The molecule has 3 rings (SSSR count). The zero-order chi connectivity index (χ0) is 27.6. The predicted octanol–water partition coefficient (Wildman–Crippen LogP) is 7.14. The molecule has 0 unspecified atom stereocenters. The molecule has 0 atom stereocenters. The fourth-order valence-electron chi connectivity index (χ4n) is 5.91. The van der Waals surface area contributed by atoms with E-state index >= 15 is 0 Å². The van der Waals surface area contributed by atoms with E-state index in [0.717, 1.165) is 45.3 Å². The van der Waals surface area contributed by atoms with E-state index in [-0.39, 0.29) is 12.2 Å². The SMILES string of the molecule is CCCC[C](CCCC)(CCCC)[Sn][c]1nccn1CC1CC(OC2CCN(C(=O)OC(C)(C)C)CC2)C1. The molecule has 1 aliphatic heterocycles. The average molecular weight is 637 g/mol. The second-order valence-electron chi connectivity index (χ2n) is 12.9. The van der Waals surface area contributed by atoms with Gasteiger partial charge >= 0.3 is 208 Å². The molecule has 1 saturated carbocycles. The number of ether oxygens (including phenoxy) is 2. The number of nitrogens with zero attached hydrogens (tertiary/aromatic N) is 3. The monoisotopic (exact) mass is 637 g/mol. The fourth-order valence-corrected chi connectivity index (χ4v) is 11.1. The zero-order valence-corrected chi connectivity index (χ0v) is 28.1. The summed E-state index contributed by atoms with van der Waals surface area (Å²) in [5.41, 5.74) is -0.439. The van der Waals surface area contributed by atoms with Crippen LogP contribution in [0.5, 0.6) is 0 Å². The third-order valence-electron chi connectivity index (χ3n) is 8.25. The van der Waals surface area contributed by atoms with Crippen LogP contribution in [0.1, 0.15) is 125 Å². The number of hydrogen-bond donors (Lipinski definition) is 0. The van der Waals surface area contributed by atoms with Gasteiger partial charge in [0.2, 0.25) is 0 Å². The summed E-state index contributed by atoms with van der Waals surface area (Å²) in [7, 11) is 0. The van der Waals surface area contributed by atoms with Gasteiger partial charge in [-0.3, -0.25) is 0 Å². The fraction of sp³-hybridized carbons (Fsp3) is 0.871. The predicted molar refractivity (Wildman–Crippen MR) is 157 cm³/mol. The first-order chi connectivity index (χ1) is 18.2. The summed E-state index contributed by atoms with van der Waals surface area (Å²) in [6.07, 6.45) is 21.1. The van der Waals surface area contributed by atoms with Crippen LogP contribution in [0.2, 0.25) is 3.43 Å². The molecule has 0 bridgehead atoms. The summed E-state index contributed by atoms with van der Waals surface area (Å²) in [6.45, 7) is 15.4. The van der Waals surface area contributed by atoms with E-state index in [0.29, 0.717) is 15.5 Å². The minimum atomic E-state index is -0.813. The van der Waals surface area contributed by atoms with Gasteiger partial charge in [-0.15, -0.1) is 0 Å². The second-order valence-corrected chi connectivity index (χ2v) is 17.9. The van der Waals surface area contributed by atoms with Crippen LogP contribution >= 0.6 is 0 Å². The van der Waals surface area contributed by atoms with Gasteiger partial charge in [-0.1, -0.05) is 0 Å². The molecule has 2 heterocycles. The third kappa shape index (κ3) is 10.0. The van der Waals surface area contributed by atoms with Gasteiger partial charge in [-0.25, -0.2) is 4.79 Å². The number of likely N-dealkylation sites (tertiary alicyclic amines) is 1. The van der Waals surface area contributed by atoms with Crippen molar-refractivity contribution >= 4 is 31.1 Å². The summed E-state index contributed by atoms with van der Waals surface area (Å²) >= 11 is -0.813. The Balaban J connectivity index is 1.46. The Labute approximate surface area is 243 Å². The van der Waals surface area contributed by atoms with Gasteiger partial charge in [0.15, 0.2) is 0 Å². The number of aromatic nitrogens is 2. The van der Waals surface area contributed by atoms with E-state index in [4.69, 9.17) is 14.5 Å². The molecular formula is C31H55N3O3Sn. The number of imidazole rings is 1.